The Hall–Kier alpha value is -2.66. The Labute approximate surface area is 177 Å². The van der Waals surface area contributed by atoms with Crippen LogP contribution in [0.3, 0.4) is 0 Å². The largest absolute Gasteiger partial charge is 0.481 e. The van der Waals surface area contributed by atoms with Gasteiger partial charge in [0, 0.05) is 37.3 Å². The Kier molecular flexibility index (Phi) is 5.91. The van der Waals surface area contributed by atoms with Crippen LogP contribution in [0.2, 0.25) is 0 Å². The molecule has 5 nitrogen and oxygen atoms in total. The molecule has 0 aromatic heterocycles. The predicted octanol–water partition coefficient (Wildman–Crippen LogP) is 4.26. The van der Waals surface area contributed by atoms with Crippen molar-refractivity contribution in [1.82, 2.24) is 4.90 Å². The maximum atomic E-state index is 13.1. The number of hydrogen-bond acceptors (Lipinski definition) is 3. The number of benzene rings is 2. The first kappa shape index (κ1) is 20.6. The van der Waals surface area contributed by atoms with Crippen LogP contribution in [0.5, 0.6) is 0 Å². The second kappa shape index (κ2) is 8.60. The fourth-order valence-electron chi connectivity index (χ4n) is 4.89. The topological polar surface area (TPSA) is 66.8 Å². The molecule has 4 rings (SSSR count). The summed E-state index contributed by atoms with van der Waals surface area (Å²) in [7, 11) is 0. The summed E-state index contributed by atoms with van der Waals surface area (Å²) in [5.41, 5.74) is 3.77. The number of carbonyl (C=O) groups is 2. The molecule has 0 aliphatic carbocycles. The van der Waals surface area contributed by atoms with Crippen molar-refractivity contribution < 1.29 is 19.4 Å². The second-order valence-corrected chi connectivity index (χ2v) is 8.58. The number of aryl methyl sites for hydroxylation is 1. The first-order valence-corrected chi connectivity index (χ1v) is 10.8. The van der Waals surface area contributed by atoms with Crippen molar-refractivity contribution >= 4 is 11.9 Å². The zero-order chi connectivity index (χ0) is 21.1. The molecule has 1 atom stereocenters. The highest BCUT2D eigenvalue weighted by atomic mass is 16.5. The average Bonchev–Trinajstić information content (AvgIpc) is 3.13. The Morgan fingerprint density at radius 3 is 2.20 bits per heavy atom. The van der Waals surface area contributed by atoms with E-state index in [2.05, 4.69) is 31.2 Å². The number of carboxylic acids is 1. The van der Waals surface area contributed by atoms with Gasteiger partial charge in [-0.25, -0.2) is 0 Å². The van der Waals surface area contributed by atoms with Crippen LogP contribution in [0.25, 0.3) is 11.1 Å². The summed E-state index contributed by atoms with van der Waals surface area (Å²) in [5, 5.41) is 9.74. The summed E-state index contributed by atoms with van der Waals surface area (Å²) in [5.74, 6) is -1.42. The standard InChI is InChI=1S/C25H29NO4/c1-2-3-18-4-6-19(7-5-18)20-8-10-21(11-9-20)23(27)26-16-22(24(28)29)25(17-26)12-14-30-15-13-25/h4-11,22H,2-3,12-17H2,1H3,(H,28,29). The van der Waals surface area contributed by atoms with Gasteiger partial charge in [0.25, 0.3) is 5.91 Å². The fraction of sp³-hybridized carbons (Fsp3) is 0.440. The van der Waals surface area contributed by atoms with Crippen molar-refractivity contribution in [3.63, 3.8) is 0 Å². The van der Waals surface area contributed by atoms with E-state index in [1.54, 1.807) is 4.90 Å². The smallest absolute Gasteiger partial charge is 0.308 e. The lowest BCUT2D eigenvalue weighted by molar-refractivity contribution is -0.146. The van der Waals surface area contributed by atoms with E-state index in [1.807, 2.05) is 24.3 Å². The van der Waals surface area contributed by atoms with E-state index < -0.39 is 11.9 Å². The first-order valence-electron chi connectivity index (χ1n) is 10.8. The third kappa shape index (κ3) is 3.99. The molecule has 2 saturated heterocycles. The summed E-state index contributed by atoms with van der Waals surface area (Å²) in [6.45, 7) is 4.07. The van der Waals surface area contributed by atoms with Crippen molar-refractivity contribution in [3.05, 3.63) is 59.7 Å². The first-order chi connectivity index (χ1) is 14.5. The van der Waals surface area contributed by atoms with Crippen LogP contribution < -0.4 is 0 Å². The highest BCUT2D eigenvalue weighted by Crippen LogP contribution is 2.44. The number of amides is 1. The molecule has 1 spiro atoms. The molecule has 0 bridgehead atoms. The van der Waals surface area contributed by atoms with Gasteiger partial charge in [-0.1, -0.05) is 49.7 Å². The Bertz CT molecular complexity index is 898. The highest BCUT2D eigenvalue weighted by molar-refractivity contribution is 5.95. The monoisotopic (exact) mass is 407 g/mol. The van der Waals surface area contributed by atoms with Gasteiger partial charge in [0.05, 0.1) is 5.92 Å². The van der Waals surface area contributed by atoms with Gasteiger partial charge in [-0.3, -0.25) is 9.59 Å². The van der Waals surface area contributed by atoms with E-state index in [0.29, 0.717) is 38.2 Å². The number of likely N-dealkylation sites (tertiary alicyclic amines) is 1. The number of nitrogens with zero attached hydrogens (tertiary/aromatic N) is 1. The van der Waals surface area contributed by atoms with Crippen molar-refractivity contribution in [2.24, 2.45) is 11.3 Å². The molecular weight excluding hydrogens is 378 g/mol. The van der Waals surface area contributed by atoms with Crippen molar-refractivity contribution in [1.29, 1.82) is 0 Å². The lowest BCUT2D eigenvalue weighted by Crippen LogP contribution is -2.40. The third-order valence-electron chi connectivity index (χ3n) is 6.68. The van der Waals surface area contributed by atoms with E-state index in [0.717, 1.165) is 24.0 Å². The average molecular weight is 408 g/mol. The molecule has 2 aliphatic rings. The molecular formula is C25H29NO4. The summed E-state index contributed by atoms with van der Waals surface area (Å²) >= 11 is 0. The maximum Gasteiger partial charge on any atom is 0.308 e. The molecule has 158 valence electrons. The van der Waals surface area contributed by atoms with Gasteiger partial charge in [-0.05, 0) is 48.1 Å². The molecule has 1 unspecified atom stereocenters. The molecule has 2 aromatic carbocycles. The predicted molar refractivity (Wildman–Crippen MR) is 115 cm³/mol. The van der Waals surface area contributed by atoms with Crippen LogP contribution in [0.15, 0.2) is 48.5 Å². The van der Waals surface area contributed by atoms with E-state index in [-0.39, 0.29) is 17.9 Å². The number of ether oxygens (including phenoxy) is 1. The van der Waals surface area contributed by atoms with E-state index in [4.69, 9.17) is 4.74 Å². The van der Waals surface area contributed by atoms with E-state index in [1.165, 1.54) is 5.56 Å². The second-order valence-electron chi connectivity index (χ2n) is 8.58. The highest BCUT2D eigenvalue weighted by Gasteiger charge is 2.52. The number of aliphatic carboxylic acids is 1. The van der Waals surface area contributed by atoms with Gasteiger partial charge in [0.2, 0.25) is 0 Å². The van der Waals surface area contributed by atoms with Crippen molar-refractivity contribution in [3.8, 4) is 11.1 Å². The maximum absolute atomic E-state index is 13.1. The molecule has 0 saturated carbocycles. The minimum absolute atomic E-state index is 0.0885. The summed E-state index contributed by atoms with van der Waals surface area (Å²) in [6, 6.07) is 16.2. The molecule has 2 aromatic rings. The summed E-state index contributed by atoms with van der Waals surface area (Å²) in [6.07, 6.45) is 3.60. The van der Waals surface area contributed by atoms with Crippen LogP contribution in [-0.2, 0) is 16.0 Å². The zero-order valence-corrected chi connectivity index (χ0v) is 17.5. The van der Waals surface area contributed by atoms with E-state index in [9.17, 15) is 14.7 Å². The third-order valence-corrected chi connectivity index (χ3v) is 6.68. The van der Waals surface area contributed by atoms with Crippen molar-refractivity contribution in [2.75, 3.05) is 26.3 Å². The van der Waals surface area contributed by atoms with Gasteiger partial charge in [-0.15, -0.1) is 0 Å². The normalized spacial score (nSPS) is 20.4. The van der Waals surface area contributed by atoms with Gasteiger partial charge in [0.1, 0.15) is 0 Å². The molecule has 30 heavy (non-hydrogen) atoms. The molecule has 2 aliphatic heterocycles. The Morgan fingerprint density at radius 1 is 1.03 bits per heavy atom. The minimum atomic E-state index is -0.811. The summed E-state index contributed by atoms with van der Waals surface area (Å²) < 4.78 is 5.44. The lowest BCUT2D eigenvalue weighted by atomic mass is 9.72. The molecule has 1 amide bonds. The Morgan fingerprint density at radius 2 is 1.63 bits per heavy atom. The quantitative estimate of drug-likeness (QED) is 0.804. The van der Waals surface area contributed by atoms with Crippen molar-refractivity contribution in [2.45, 2.75) is 32.6 Å². The minimum Gasteiger partial charge on any atom is -0.481 e. The van der Waals surface area contributed by atoms with Crippen LogP contribution in [0.1, 0.15) is 42.1 Å². The molecule has 5 heteroatoms. The molecule has 0 radical (unpaired) electrons. The number of rotatable bonds is 5. The summed E-state index contributed by atoms with van der Waals surface area (Å²) in [4.78, 5) is 26.7. The van der Waals surface area contributed by atoms with Gasteiger partial charge in [-0.2, -0.15) is 0 Å². The molecule has 2 fully saturated rings. The van der Waals surface area contributed by atoms with Gasteiger partial charge >= 0.3 is 5.97 Å². The number of hydrogen-bond donors (Lipinski definition) is 1. The fourth-order valence-corrected chi connectivity index (χ4v) is 4.89. The van der Waals surface area contributed by atoms with Gasteiger partial charge < -0.3 is 14.7 Å². The van der Waals surface area contributed by atoms with Crippen LogP contribution in [0, 0.1) is 11.3 Å². The van der Waals surface area contributed by atoms with Gasteiger partial charge in [0.15, 0.2) is 0 Å². The lowest BCUT2D eigenvalue weighted by Gasteiger charge is -2.36. The Balaban J connectivity index is 1.49. The zero-order valence-electron chi connectivity index (χ0n) is 17.5. The van der Waals surface area contributed by atoms with Crippen LogP contribution in [0.4, 0.5) is 0 Å². The number of carboxylic acid groups (broad SMARTS) is 1. The van der Waals surface area contributed by atoms with Crippen LogP contribution >= 0.6 is 0 Å². The van der Waals surface area contributed by atoms with Crippen LogP contribution in [-0.4, -0.2) is 48.2 Å². The van der Waals surface area contributed by atoms with E-state index >= 15 is 0 Å². The molecule has 1 N–H and O–H groups in total. The number of carbonyl (C=O) groups excluding carboxylic acids is 1. The SMILES string of the molecule is CCCc1ccc(-c2ccc(C(=O)N3CC(C(=O)O)C4(CCOCC4)C3)cc2)cc1. The molecule has 2 heterocycles.